The van der Waals surface area contributed by atoms with Gasteiger partial charge in [0, 0.05) is 12.3 Å². The summed E-state index contributed by atoms with van der Waals surface area (Å²) in [5, 5.41) is 92.5. The molecule has 0 aromatic carbocycles. The zero-order chi connectivity index (χ0) is 38.2. The van der Waals surface area contributed by atoms with Gasteiger partial charge in [0.25, 0.3) is 0 Å². The smallest absolute Gasteiger partial charge is 0.186 e. The minimum Gasteiger partial charge on any atom is -0.394 e. The molecule has 0 aromatic heterocycles. The average molecular weight is 759 g/mol. The van der Waals surface area contributed by atoms with E-state index in [4.69, 9.17) is 23.7 Å². The third-order valence-electron chi connectivity index (χ3n) is 15.9. The molecule has 9 N–H and O–H groups in total. The van der Waals surface area contributed by atoms with Gasteiger partial charge >= 0.3 is 0 Å². The molecule has 1 unspecified atom stereocenters. The fraction of sp³-hybridized carbons (Fsp3) is 1.00. The summed E-state index contributed by atoms with van der Waals surface area (Å²) in [6.07, 6.45) is -3.89. The molecule has 3 aliphatic heterocycles. The van der Waals surface area contributed by atoms with Crippen LogP contribution in [0.2, 0.25) is 0 Å². The van der Waals surface area contributed by atoms with Gasteiger partial charge < -0.3 is 69.6 Å². The van der Waals surface area contributed by atoms with Crippen molar-refractivity contribution in [1.82, 2.24) is 0 Å². The number of aliphatic hydroxyl groups is 9. The second kappa shape index (κ2) is 15.3. The van der Waals surface area contributed by atoms with Gasteiger partial charge in [-0.25, -0.2) is 0 Å². The predicted molar refractivity (Wildman–Crippen MR) is 186 cm³/mol. The third kappa shape index (κ3) is 6.96. The zero-order valence-electron chi connectivity index (χ0n) is 31.7. The Bertz CT molecular complexity index is 1260. The van der Waals surface area contributed by atoms with Crippen LogP contribution in [-0.4, -0.2) is 145 Å². The van der Waals surface area contributed by atoms with Crippen LogP contribution in [0.3, 0.4) is 0 Å². The van der Waals surface area contributed by atoms with Crippen LogP contribution in [-0.2, 0) is 23.7 Å². The van der Waals surface area contributed by atoms with E-state index in [9.17, 15) is 46.0 Å². The quantitative estimate of drug-likeness (QED) is 0.138. The van der Waals surface area contributed by atoms with Crippen LogP contribution < -0.4 is 0 Å². The Balaban J connectivity index is 0.931. The molecule has 0 amide bonds. The minimum absolute atomic E-state index is 0.00220. The lowest BCUT2D eigenvalue weighted by molar-refractivity contribution is -0.316. The highest BCUT2D eigenvalue weighted by atomic mass is 16.7. The first kappa shape index (κ1) is 40.6. The van der Waals surface area contributed by atoms with Crippen LogP contribution in [0.15, 0.2) is 0 Å². The Morgan fingerprint density at radius 2 is 1.36 bits per heavy atom. The zero-order valence-corrected chi connectivity index (χ0v) is 31.7. The first-order valence-corrected chi connectivity index (χ1v) is 20.3. The minimum atomic E-state index is -1.49. The molecular weight excluding hydrogens is 692 g/mol. The maximum atomic E-state index is 12.0. The first-order chi connectivity index (χ1) is 25.1. The lowest BCUT2D eigenvalue weighted by Gasteiger charge is -2.61. The van der Waals surface area contributed by atoms with Gasteiger partial charge in [-0.05, 0) is 104 Å². The fourth-order valence-electron chi connectivity index (χ4n) is 12.7. The number of hydrogen-bond donors (Lipinski definition) is 9. The van der Waals surface area contributed by atoms with E-state index in [1.54, 1.807) is 0 Å². The largest absolute Gasteiger partial charge is 0.394 e. The molecule has 0 bridgehead atoms. The summed E-state index contributed by atoms with van der Waals surface area (Å²) in [5.74, 6) is 1.11. The van der Waals surface area contributed by atoms with Crippen molar-refractivity contribution < 1.29 is 69.6 Å². The standard InChI is InChI=1S/C39H66O14/c1-18(17-49-35-33(46)31(44)29(42)26(15-40)51-35)7-12-39(48)19(2)28-25(53-39)14-24-22-6-5-20-13-21(8-10-37(20,3)23(22)9-11-38(24,28)4)50-36-34(47)32(45)30(43)27(16-41)52-36/h18-36,40-48H,5-17H2,1-4H3/t18-,19-,20+,21-,22+,23-,24-,25-,26+,27+,28-,29+,30-,31-,32-,33+,34+,35+,36+,37-,38-,39?/m0/s1. The highest BCUT2D eigenvalue weighted by Crippen LogP contribution is 2.71. The second-order valence-corrected chi connectivity index (χ2v) is 18.7. The molecule has 7 fully saturated rings. The van der Waals surface area contributed by atoms with Crippen molar-refractivity contribution in [2.24, 2.45) is 52.3 Å². The number of fused-ring (bicyclic) bond motifs is 7. The van der Waals surface area contributed by atoms with Crippen molar-refractivity contribution in [2.75, 3.05) is 19.8 Å². The molecule has 4 aliphatic carbocycles. The van der Waals surface area contributed by atoms with E-state index >= 15 is 0 Å². The Morgan fingerprint density at radius 1 is 0.736 bits per heavy atom. The summed E-state index contributed by atoms with van der Waals surface area (Å²) in [6.45, 7) is 8.25. The van der Waals surface area contributed by atoms with E-state index in [-0.39, 0.29) is 47.4 Å². The molecule has 0 spiro atoms. The molecule has 7 rings (SSSR count). The number of aliphatic hydroxyl groups excluding tert-OH is 8. The summed E-state index contributed by atoms with van der Waals surface area (Å²) in [4.78, 5) is 0. The normalized spacial score (nSPS) is 55.9. The average Bonchev–Trinajstić information content (AvgIpc) is 3.57. The van der Waals surface area contributed by atoms with Gasteiger partial charge in [-0.2, -0.15) is 0 Å². The highest BCUT2D eigenvalue weighted by molar-refractivity contribution is 5.15. The maximum Gasteiger partial charge on any atom is 0.186 e. The van der Waals surface area contributed by atoms with Crippen molar-refractivity contribution in [1.29, 1.82) is 0 Å². The summed E-state index contributed by atoms with van der Waals surface area (Å²) in [5.41, 5.74) is 0.235. The molecule has 14 heteroatoms. The van der Waals surface area contributed by atoms with Crippen LogP contribution in [0.4, 0.5) is 0 Å². The molecule has 0 radical (unpaired) electrons. The van der Waals surface area contributed by atoms with Crippen molar-refractivity contribution in [2.45, 2.75) is 171 Å². The van der Waals surface area contributed by atoms with Crippen LogP contribution in [0.5, 0.6) is 0 Å². The monoisotopic (exact) mass is 758 g/mol. The molecule has 4 saturated carbocycles. The topological polar surface area (TPSA) is 228 Å². The van der Waals surface area contributed by atoms with Crippen LogP contribution in [0, 0.1) is 52.3 Å². The summed E-state index contributed by atoms with van der Waals surface area (Å²) >= 11 is 0. The summed E-state index contributed by atoms with van der Waals surface area (Å²) in [7, 11) is 0. The van der Waals surface area contributed by atoms with Gasteiger partial charge in [0.15, 0.2) is 18.4 Å². The molecule has 14 nitrogen and oxygen atoms in total. The molecular formula is C39H66O14. The van der Waals surface area contributed by atoms with E-state index in [0.29, 0.717) is 36.5 Å². The molecule has 306 valence electrons. The Hall–Kier alpha value is -0.560. The number of hydrogen-bond acceptors (Lipinski definition) is 14. The van der Waals surface area contributed by atoms with Gasteiger partial charge in [-0.15, -0.1) is 0 Å². The molecule has 0 aromatic rings. The molecule has 3 saturated heterocycles. The lowest BCUT2D eigenvalue weighted by atomic mass is 9.44. The second-order valence-electron chi connectivity index (χ2n) is 18.7. The summed E-state index contributed by atoms with van der Waals surface area (Å²) < 4.78 is 29.8. The molecule has 3 heterocycles. The van der Waals surface area contributed by atoms with Gasteiger partial charge in [0.05, 0.1) is 32.0 Å². The van der Waals surface area contributed by atoms with Gasteiger partial charge in [-0.1, -0.05) is 27.7 Å². The van der Waals surface area contributed by atoms with Crippen molar-refractivity contribution in [3.8, 4) is 0 Å². The molecule has 53 heavy (non-hydrogen) atoms. The predicted octanol–water partition coefficient (Wildman–Crippen LogP) is 0.397. The Labute approximate surface area is 312 Å². The van der Waals surface area contributed by atoms with Gasteiger partial charge in [0.1, 0.15) is 48.8 Å². The van der Waals surface area contributed by atoms with E-state index < -0.39 is 80.4 Å². The highest BCUT2D eigenvalue weighted by Gasteiger charge is 2.68. The van der Waals surface area contributed by atoms with E-state index in [0.717, 1.165) is 51.4 Å². The van der Waals surface area contributed by atoms with Crippen LogP contribution in [0.1, 0.15) is 91.9 Å². The van der Waals surface area contributed by atoms with E-state index in [1.165, 1.54) is 0 Å². The van der Waals surface area contributed by atoms with E-state index in [2.05, 4.69) is 20.8 Å². The van der Waals surface area contributed by atoms with Crippen molar-refractivity contribution in [3.63, 3.8) is 0 Å². The first-order valence-electron chi connectivity index (χ1n) is 20.3. The number of ether oxygens (including phenoxy) is 5. The fourth-order valence-corrected chi connectivity index (χ4v) is 12.7. The molecule has 22 atom stereocenters. The summed E-state index contributed by atoms with van der Waals surface area (Å²) in [6, 6.07) is 0. The van der Waals surface area contributed by atoms with Crippen LogP contribution in [0.25, 0.3) is 0 Å². The number of rotatable bonds is 10. The van der Waals surface area contributed by atoms with Crippen LogP contribution >= 0.6 is 0 Å². The third-order valence-corrected chi connectivity index (χ3v) is 15.9. The SMILES string of the molecule is C[C@@H](CCC1(O)O[C@H]2C[C@H]3[C@@H]4CC[C@@H]5C[C@@H](O[C@@H]6O[C@H](CO)[C@H](O)[C@H](O)[C@H]6O)CC[C@]5(C)[C@H]4CC[C@]3(C)[C@H]2[C@@H]1C)CO[C@@H]1O[C@H](CO)[C@@H](O)[C@H](O)[C@H]1O. The maximum absolute atomic E-state index is 12.0. The lowest BCUT2D eigenvalue weighted by Crippen LogP contribution is -2.60. The van der Waals surface area contributed by atoms with Crippen molar-refractivity contribution >= 4 is 0 Å². The van der Waals surface area contributed by atoms with Crippen molar-refractivity contribution in [3.05, 3.63) is 0 Å². The molecule has 7 aliphatic rings. The Morgan fingerprint density at radius 3 is 2.02 bits per heavy atom. The van der Waals surface area contributed by atoms with Gasteiger partial charge in [0.2, 0.25) is 0 Å². The van der Waals surface area contributed by atoms with E-state index in [1.807, 2.05) is 6.92 Å². The Kier molecular flexibility index (Phi) is 11.7. The van der Waals surface area contributed by atoms with Gasteiger partial charge in [-0.3, -0.25) is 0 Å².